The Bertz CT molecular complexity index is 464. The van der Waals surface area contributed by atoms with Gasteiger partial charge in [0.25, 0.3) is 0 Å². The highest BCUT2D eigenvalue weighted by Crippen LogP contribution is 2.33. The number of rotatable bonds is 4. The zero-order chi connectivity index (χ0) is 13.8. The van der Waals surface area contributed by atoms with E-state index in [0.29, 0.717) is 11.7 Å². The van der Waals surface area contributed by atoms with E-state index in [9.17, 15) is 10.1 Å². The molecule has 19 heavy (non-hydrogen) atoms. The maximum absolute atomic E-state index is 11.0. The second-order valence-electron chi connectivity index (χ2n) is 5.03. The summed E-state index contributed by atoms with van der Waals surface area (Å²) in [5.41, 5.74) is 0.993. The van der Waals surface area contributed by atoms with Crippen molar-refractivity contribution in [1.82, 2.24) is 0 Å². The molecule has 4 nitrogen and oxygen atoms in total. The van der Waals surface area contributed by atoms with E-state index in [1.165, 1.54) is 20.0 Å². The van der Waals surface area contributed by atoms with Gasteiger partial charge in [-0.2, -0.15) is 0 Å². The van der Waals surface area contributed by atoms with Crippen molar-refractivity contribution < 1.29 is 9.66 Å². The summed E-state index contributed by atoms with van der Waals surface area (Å²) in [6, 6.07) is 5.17. The number of hydrogen-bond acceptors (Lipinski definition) is 3. The van der Waals surface area contributed by atoms with Crippen molar-refractivity contribution >= 4 is 17.3 Å². The predicted octanol–water partition coefficient (Wildman–Crippen LogP) is 3.94. The third kappa shape index (κ3) is 3.38. The molecule has 1 aliphatic rings. The van der Waals surface area contributed by atoms with Crippen molar-refractivity contribution in [3.8, 4) is 5.75 Å². The van der Waals surface area contributed by atoms with E-state index in [2.05, 4.69) is 0 Å². The van der Waals surface area contributed by atoms with Gasteiger partial charge in [0.15, 0.2) is 5.75 Å². The van der Waals surface area contributed by atoms with Gasteiger partial charge in [0.2, 0.25) is 0 Å². The van der Waals surface area contributed by atoms with Gasteiger partial charge >= 0.3 is 5.69 Å². The molecule has 0 radical (unpaired) electrons. The highest BCUT2D eigenvalue weighted by Gasteiger charge is 2.24. The summed E-state index contributed by atoms with van der Waals surface area (Å²) < 4.78 is 5.01. The topological polar surface area (TPSA) is 52.4 Å². The fourth-order valence-electron chi connectivity index (χ4n) is 2.70. The molecule has 1 aromatic rings. The van der Waals surface area contributed by atoms with E-state index in [1.54, 1.807) is 12.1 Å². The second kappa shape index (κ2) is 6.24. The molecule has 0 amide bonds. The first-order valence-electron chi connectivity index (χ1n) is 6.57. The summed E-state index contributed by atoms with van der Waals surface area (Å²) in [5, 5.41) is 11.2. The lowest BCUT2D eigenvalue weighted by molar-refractivity contribution is -0.385. The number of halogens is 1. The minimum atomic E-state index is -0.401. The molecule has 1 saturated carbocycles. The van der Waals surface area contributed by atoms with Gasteiger partial charge in [0, 0.05) is 11.4 Å². The number of nitrogens with zero attached hydrogens (tertiary/aromatic N) is 1. The molecule has 1 fully saturated rings. The number of nitro groups is 1. The number of benzene rings is 1. The van der Waals surface area contributed by atoms with Crippen LogP contribution in [-0.2, 0) is 6.42 Å². The Morgan fingerprint density at radius 2 is 2.16 bits per heavy atom. The quantitative estimate of drug-likeness (QED) is 0.478. The predicted molar refractivity (Wildman–Crippen MR) is 75.0 cm³/mol. The van der Waals surface area contributed by atoms with Crippen LogP contribution < -0.4 is 4.74 Å². The molecule has 1 aromatic carbocycles. The first-order chi connectivity index (χ1) is 9.11. The number of methoxy groups -OCH3 is 1. The minimum Gasteiger partial charge on any atom is -0.490 e. The highest BCUT2D eigenvalue weighted by atomic mass is 35.5. The normalized spacial score (nSPS) is 23.1. The standard InChI is InChI=1S/C14H18ClNO3/c1-19-14-7-6-10(9-13(14)16(17)18)8-11-4-2-3-5-12(11)15/h6-7,9,11-12H,2-5,8H2,1H3. The molecular formula is C14H18ClNO3. The van der Waals surface area contributed by atoms with Crippen LogP contribution in [0.25, 0.3) is 0 Å². The summed E-state index contributed by atoms with van der Waals surface area (Å²) >= 11 is 6.33. The van der Waals surface area contributed by atoms with Crippen molar-refractivity contribution in [3.05, 3.63) is 33.9 Å². The molecule has 104 valence electrons. The van der Waals surface area contributed by atoms with Crippen LogP contribution in [0.2, 0.25) is 0 Å². The SMILES string of the molecule is COc1ccc(CC2CCCCC2Cl)cc1[N+](=O)[O-]. The average molecular weight is 284 g/mol. The van der Waals surface area contributed by atoms with Crippen molar-refractivity contribution in [3.63, 3.8) is 0 Å². The van der Waals surface area contributed by atoms with Crippen LogP contribution in [0.5, 0.6) is 5.75 Å². The molecule has 0 saturated heterocycles. The van der Waals surface area contributed by atoms with E-state index in [0.717, 1.165) is 24.8 Å². The molecule has 5 heteroatoms. The molecule has 0 aromatic heterocycles. The first-order valence-corrected chi connectivity index (χ1v) is 7.01. The number of ether oxygens (including phenoxy) is 1. The van der Waals surface area contributed by atoms with Gasteiger partial charge in [0.1, 0.15) is 0 Å². The molecule has 0 N–H and O–H groups in total. The average Bonchev–Trinajstić information content (AvgIpc) is 2.41. The zero-order valence-electron chi connectivity index (χ0n) is 11.0. The molecule has 2 atom stereocenters. The van der Waals surface area contributed by atoms with E-state index >= 15 is 0 Å². The lowest BCUT2D eigenvalue weighted by Crippen LogP contribution is -2.21. The Hall–Kier alpha value is -1.29. The Balaban J connectivity index is 2.16. The van der Waals surface area contributed by atoms with Crippen LogP contribution in [-0.4, -0.2) is 17.4 Å². The summed E-state index contributed by atoms with van der Waals surface area (Å²) in [4.78, 5) is 10.6. The van der Waals surface area contributed by atoms with E-state index in [-0.39, 0.29) is 11.1 Å². The molecule has 0 heterocycles. The van der Waals surface area contributed by atoms with Crippen LogP contribution in [0, 0.1) is 16.0 Å². The van der Waals surface area contributed by atoms with Gasteiger partial charge in [-0.15, -0.1) is 11.6 Å². The first kappa shape index (κ1) is 14.1. The zero-order valence-corrected chi connectivity index (χ0v) is 11.7. The smallest absolute Gasteiger partial charge is 0.311 e. The van der Waals surface area contributed by atoms with Crippen LogP contribution in [0.15, 0.2) is 18.2 Å². The Kier molecular flexibility index (Phi) is 4.64. The van der Waals surface area contributed by atoms with Crippen molar-refractivity contribution in [2.24, 2.45) is 5.92 Å². The summed E-state index contributed by atoms with van der Waals surface area (Å²) in [5.74, 6) is 0.725. The molecule has 0 aliphatic heterocycles. The number of hydrogen-bond donors (Lipinski definition) is 0. The monoisotopic (exact) mass is 283 g/mol. The largest absolute Gasteiger partial charge is 0.490 e. The Labute approximate surface area is 117 Å². The fourth-order valence-corrected chi connectivity index (χ4v) is 3.07. The maximum atomic E-state index is 11.0. The van der Waals surface area contributed by atoms with Gasteiger partial charge in [-0.3, -0.25) is 10.1 Å². The second-order valence-corrected chi connectivity index (χ2v) is 5.59. The molecule has 2 unspecified atom stereocenters. The van der Waals surface area contributed by atoms with Crippen molar-refractivity contribution in [2.45, 2.75) is 37.5 Å². The van der Waals surface area contributed by atoms with E-state index < -0.39 is 4.92 Å². The summed E-state index contributed by atoms with van der Waals surface area (Å²) in [6.45, 7) is 0. The van der Waals surface area contributed by atoms with Crippen molar-refractivity contribution in [1.29, 1.82) is 0 Å². The van der Waals surface area contributed by atoms with Gasteiger partial charge < -0.3 is 4.74 Å². The van der Waals surface area contributed by atoms with Gasteiger partial charge in [-0.25, -0.2) is 0 Å². The van der Waals surface area contributed by atoms with Gasteiger partial charge in [-0.05, 0) is 36.8 Å². The summed E-state index contributed by atoms with van der Waals surface area (Å²) in [6.07, 6.45) is 5.34. The molecule has 0 bridgehead atoms. The third-order valence-electron chi connectivity index (χ3n) is 3.75. The summed E-state index contributed by atoms with van der Waals surface area (Å²) in [7, 11) is 1.44. The van der Waals surface area contributed by atoms with Crippen LogP contribution in [0.1, 0.15) is 31.2 Å². The molecule has 0 spiro atoms. The van der Waals surface area contributed by atoms with Crippen LogP contribution in [0.4, 0.5) is 5.69 Å². The van der Waals surface area contributed by atoms with Crippen LogP contribution >= 0.6 is 11.6 Å². The third-order valence-corrected chi connectivity index (χ3v) is 4.33. The number of alkyl halides is 1. The Morgan fingerprint density at radius 3 is 2.79 bits per heavy atom. The van der Waals surface area contributed by atoms with Crippen molar-refractivity contribution in [2.75, 3.05) is 7.11 Å². The maximum Gasteiger partial charge on any atom is 0.311 e. The molecule has 1 aliphatic carbocycles. The number of nitro benzene ring substituents is 1. The van der Waals surface area contributed by atoms with E-state index in [1.807, 2.05) is 6.07 Å². The lowest BCUT2D eigenvalue weighted by atomic mass is 9.84. The molecule has 2 rings (SSSR count). The van der Waals surface area contributed by atoms with Crippen LogP contribution in [0.3, 0.4) is 0 Å². The van der Waals surface area contributed by atoms with Gasteiger partial charge in [-0.1, -0.05) is 18.9 Å². The lowest BCUT2D eigenvalue weighted by Gasteiger charge is -2.27. The molecular weight excluding hydrogens is 266 g/mol. The van der Waals surface area contributed by atoms with E-state index in [4.69, 9.17) is 16.3 Å². The minimum absolute atomic E-state index is 0.0296. The highest BCUT2D eigenvalue weighted by molar-refractivity contribution is 6.20. The fraction of sp³-hybridized carbons (Fsp3) is 0.571. The van der Waals surface area contributed by atoms with Gasteiger partial charge in [0.05, 0.1) is 12.0 Å². The Morgan fingerprint density at radius 1 is 1.42 bits per heavy atom.